The molecule has 0 saturated carbocycles. The average molecular weight is 435 g/mol. The van der Waals surface area contributed by atoms with E-state index in [0.717, 1.165) is 55.8 Å². The zero-order valence-corrected chi connectivity index (χ0v) is 19.5. The maximum atomic E-state index is 13.2. The van der Waals surface area contributed by atoms with E-state index in [2.05, 4.69) is 29.8 Å². The monoisotopic (exact) mass is 434 g/mol. The lowest BCUT2D eigenvalue weighted by Gasteiger charge is -2.37. The highest BCUT2D eigenvalue weighted by molar-refractivity contribution is 6.09. The molecule has 1 aromatic heterocycles. The first kappa shape index (κ1) is 22.5. The summed E-state index contributed by atoms with van der Waals surface area (Å²) in [5, 5.41) is 0. The molecule has 6 heteroatoms. The number of nitrogens with zero attached hydrogens (tertiary/aromatic N) is 4. The van der Waals surface area contributed by atoms with Gasteiger partial charge >= 0.3 is 0 Å². The lowest BCUT2D eigenvalue weighted by atomic mass is 10.00. The minimum atomic E-state index is -0.552. The van der Waals surface area contributed by atoms with E-state index in [9.17, 15) is 9.59 Å². The largest absolute Gasteiger partial charge is 0.342 e. The van der Waals surface area contributed by atoms with Crippen molar-refractivity contribution in [3.8, 4) is 0 Å². The number of pyridine rings is 1. The van der Waals surface area contributed by atoms with Crippen LogP contribution in [0.25, 0.3) is 0 Å². The molecular formula is C26H34N4O2. The summed E-state index contributed by atoms with van der Waals surface area (Å²) in [4.78, 5) is 36.8. The number of carbonyl (C=O) groups excluding carboxylic acids is 2. The second-order valence-electron chi connectivity index (χ2n) is 9.19. The highest BCUT2D eigenvalue weighted by Crippen LogP contribution is 2.29. The van der Waals surface area contributed by atoms with E-state index >= 15 is 0 Å². The number of anilines is 1. The van der Waals surface area contributed by atoms with Crippen molar-refractivity contribution in [3.63, 3.8) is 0 Å². The van der Waals surface area contributed by atoms with E-state index in [0.29, 0.717) is 13.0 Å². The van der Waals surface area contributed by atoms with Gasteiger partial charge in [0.05, 0.1) is 0 Å². The van der Waals surface area contributed by atoms with Gasteiger partial charge in [0.15, 0.2) is 0 Å². The predicted octanol–water partition coefficient (Wildman–Crippen LogP) is 3.22. The van der Waals surface area contributed by atoms with Gasteiger partial charge < -0.3 is 14.7 Å². The van der Waals surface area contributed by atoms with Crippen molar-refractivity contribution in [2.45, 2.75) is 45.6 Å². The number of amides is 2. The molecule has 170 valence electrons. The van der Waals surface area contributed by atoms with Crippen molar-refractivity contribution in [1.82, 2.24) is 14.8 Å². The van der Waals surface area contributed by atoms with Gasteiger partial charge in [0.25, 0.3) is 0 Å². The van der Waals surface area contributed by atoms with Crippen molar-refractivity contribution in [2.75, 3.05) is 38.1 Å². The Bertz CT molecular complexity index is 954. The molecular weight excluding hydrogens is 400 g/mol. The van der Waals surface area contributed by atoms with Crippen LogP contribution in [-0.2, 0) is 16.0 Å². The molecule has 1 atom stereocenters. The van der Waals surface area contributed by atoms with Crippen LogP contribution in [0.2, 0.25) is 0 Å². The average Bonchev–Trinajstić information content (AvgIpc) is 3.20. The van der Waals surface area contributed by atoms with E-state index in [1.165, 1.54) is 5.56 Å². The number of hydrogen-bond acceptors (Lipinski definition) is 4. The minimum absolute atomic E-state index is 0.0201. The Morgan fingerprint density at radius 1 is 1.06 bits per heavy atom. The van der Waals surface area contributed by atoms with Crippen molar-refractivity contribution in [2.24, 2.45) is 5.92 Å². The Morgan fingerprint density at radius 2 is 1.84 bits per heavy atom. The van der Waals surface area contributed by atoms with Gasteiger partial charge in [-0.25, -0.2) is 0 Å². The second kappa shape index (κ2) is 9.82. The highest BCUT2D eigenvalue weighted by Gasteiger charge is 2.40. The third-order valence-corrected chi connectivity index (χ3v) is 7.17. The molecule has 3 heterocycles. The van der Waals surface area contributed by atoms with Gasteiger partial charge in [0, 0.05) is 63.3 Å². The molecule has 0 N–H and O–H groups in total. The summed E-state index contributed by atoms with van der Waals surface area (Å²) in [5.41, 5.74) is 4.39. The zero-order valence-electron chi connectivity index (χ0n) is 19.5. The fraction of sp³-hybridized carbons (Fsp3) is 0.500. The fourth-order valence-electron chi connectivity index (χ4n) is 4.83. The molecule has 0 radical (unpaired) electrons. The molecule has 1 aromatic carbocycles. The Morgan fingerprint density at radius 3 is 2.53 bits per heavy atom. The summed E-state index contributed by atoms with van der Waals surface area (Å²) in [6, 6.07) is 12.3. The molecule has 2 amide bonds. The molecule has 32 heavy (non-hydrogen) atoms. The Hall–Kier alpha value is -2.73. The van der Waals surface area contributed by atoms with Crippen LogP contribution in [0.4, 0.5) is 5.69 Å². The van der Waals surface area contributed by atoms with Gasteiger partial charge in [-0.2, -0.15) is 0 Å². The van der Waals surface area contributed by atoms with Crippen LogP contribution >= 0.6 is 0 Å². The molecule has 2 fully saturated rings. The zero-order chi connectivity index (χ0) is 22.7. The maximum Gasteiger partial charge on any atom is 0.239 e. The Balaban J connectivity index is 1.29. The summed E-state index contributed by atoms with van der Waals surface area (Å²) >= 11 is 0. The molecule has 0 spiro atoms. The van der Waals surface area contributed by atoms with E-state index in [1.54, 1.807) is 4.90 Å². The number of aromatic nitrogens is 1. The number of aryl methyl sites for hydroxylation is 2. The number of hydrogen-bond donors (Lipinski definition) is 0. The van der Waals surface area contributed by atoms with Gasteiger partial charge in [-0.15, -0.1) is 0 Å². The molecule has 6 nitrogen and oxygen atoms in total. The Labute approximate surface area is 191 Å². The lowest BCUT2D eigenvalue weighted by molar-refractivity contribution is -0.141. The summed E-state index contributed by atoms with van der Waals surface area (Å²) in [7, 11) is 1.88. The number of carbonyl (C=O) groups is 2. The first-order chi connectivity index (χ1) is 15.4. The van der Waals surface area contributed by atoms with Crippen LogP contribution in [-0.4, -0.2) is 65.9 Å². The summed E-state index contributed by atoms with van der Waals surface area (Å²) in [6.07, 6.45) is 5.29. The standard InChI is InChI=1S/C26H34N4O2/c1-19-7-8-23(18-20(19)2)30-17-12-24(26(30)32)25(31)28(3)22-10-15-29(16-11-22)14-9-21-6-4-5-13-27-21/h4-8,13,18,22,24H,9-12,14-17H2,1-3H3. The van der Waals surface area contributed by atoms with Gasteiger partial charge in [0.2, 0.25) is 11.8 Å². The molecule has 2 aromatic rings. The molecule has 0 bridgehead atoms. The third-order valence-electron chi connectivity index (χ3n) is 7.17. The van der Waals surface area contributed by atoms with Crippen LogP contribution in [0, 0.1) is 19.8 Å². The van der Waals surface area contributed by atoms with Crippen LogP contribution in [0.3, 0.4) is 0 Å². The highest BCUT2D eigenvalue weighted by atomic mass is 16.2. The van der Waals surface area contributed by atoms with Gasteiger partial charge in [-0.3, -0.25) is 14.6 Å². The summed E-state index contributed by atoms with van der Waals surface area (Å²) in [5.74, 6) is -0.630. The van der Waals surface area contributed by atoms with E-state index in [-0.39, 0.29) is 17.9 Å². The number of likely N-dealkylation sites (tertiary alicyclic amines) is 1. The molecule has 0 aliphatic carbocycles. The maximum absolute atomic E-state index is 13.2. The van der Waals surface area contributed by atoms with Crippen molar-refractivity contribution >= 4 is 17.5 Å². The molecule has 1 unspecified atom stereocenters. The smallest absolute Gasteiger partial charge is 0.239 e. The normalized spacial score (nSPS) is 20.0. The SMILES string of the molecule is Cc1ccc(N2CCC(C(=O)N(C)C3CCN(CCc4ccccn4)CC3)C2=O)cc1C. The third kappa shape index (κ3) is 4.85. The van der Waals surface area contributed by atoms with E-state index < -0.39 is 5.92 Å². The molecule has 2 saturated heterocycles. The van der Waals surface area contributed by atoms with Crippen LogP contribution in [0.15, 0.2) is 42.6 Å². The van der Waals surface area contributed by atoms with Crippen molar-refractivity contribution < 1.29 is 9.59 Å². The number of benzene rings is 1. The van der Waals surface area contributed by atoms with Crippen LogP contribution in [0.1, 0.15) is 36.1 Å². The number of piperidine rings is 1. The Kier molecular flexibility index (Phi) is 6.89. The van der Waals surface area contributed by atoms with E-state index in [1.807, 2.05) is 48.5 Å². The first-order valence-corrected chi connectivity index (χ1v) is 11.7. The molecule has 4 rings (SSSR count). The van der Waals surface area contributed by atoms with Gasteiger partial charge in [-0.1, -0.05) is 12.1 Å². The first-order valence-electron chi connectivity index (χ1n) is 11.7. The topological polar surface area (TPSA) is 56.8 Å². The van der Waals surface area contributed by atoms with Crippen LogP contribution < -0.4 is 4.90 Å². The lowest BCUT2D eigenvalue weighted by Crippen LogP contribution is -2.48. The number of rotatable bonds is 6. The van der Waals surface area contributed by atoms with Gasteiger partial charge in [-0.05, 0) is 68.5 Å². The van der Waals surface area contributed by atoms with Gasteiger partial charge in [0.1, 0.15) is 5.92 Å². The molecule has 2 aliphatic rings. The summed E-state index contributed by atoms with van der Waals surface area (Å²) < 4.78 is 0. The second-order valence-corrected chi connectivity index (χ2v) is 9.19. The predicted molar refractivity (Wildman–Crippen MR) is 127 cm³/mol. The minimum Gasteiger partial charge on any atom is -0.342 e. The molecule has 2 aliphatic heterocycles. The quantitative estimate of drug-likeness (QED) is 0.655. The van der Waals surface area contributed by atoms with Crippen molar-refractivity contribution in [1.29, 1.82) is 0 Å². The van der Waals surface area contributed by atoms with E-state index in [4.69, 9.17) is 0 Å². The summed E-state index contributed by atoms with van der Waals surface area (Å²) in [6.45, 7) is 7.67. The fourth-order valence-corrected chi connectivity index (χ4v) is 4.83. The van der Waals surface area contributed by atoms with Crippen LogP contribution in [0.5, 0.6) is 0 Å². The van der Waals surface area contributed by atoms with Crippen molar-refractivity contribution in [3.05, 3.63) is 59.4 Å².